The molecule has 110 valence electrons. The third-order valence-electron chi connectivity index (χ3n) is 3.36. The lowest BCUT2D eigenvalue weighted by Crippen LogP contribution is -2.34. The van der Waals surface area contributed by atoms with Crippen LogP contribution in [0.4, 0.5) is 5.69 Å². The van der Waals surface area contributed by atoms with Gasteiger partial charge in [-0.25, -0.2) is 0 Å². The monoisotopic (exact) mass is 278 g/mol. The highest BCUT2D eigenvalue weighted by Crippen LogP contribution is 2.15. The van der Waals surface area contributed by atoms with Crippen LogP contribution < -0.4 is 11.1 Å². The summed E-state index contributed by atoms with van der Waals surface area (Å²) in [6.07, 6.45) is 1.33. The van der Waals surface area contributed by atoms with Gasteiger partial charge in [-0.05, 0) is 37.5 Å². The molecular weight excluding hydrogens is 256 g/mol. The summed E-state index contributed by atoms with van der Waals surface area (Å²) in [5, 5.41) is 2.86. The number of rotatable bonds is 5. The van der Waals surface area contributed by atoms with E-state index in [4.69, 9.17) is 15.2 Å². The van der Waals surface area contributed by atoms with E-state index in [1.807, 2.05) is 24.3 Å². The number of ether oxygens (including phenoxy) is 2. The van der Waals surface area contributed by atoms with Crippen molar-refractivity contribution in [3.8, 4) is 0 Å². The van der Waals surface area contributed by atoms with E-state index in [1.165, 1.54) is 0 Å². The molecule has 1 aliphatic rings. The summed E-state index contributed by atoms with van der Waals surface area (Å²) in [5.41, 5.74) is 7.32. The second-order valence-corrected chi connectivity index (χ2v) is 4.98. The van der Waals surface area contributed by atoms with Crippen molar-refractivity contribution < 1.29 is 14.3 Å². The molecule has 1 aliphatic heterocycles. The van der Waals surface area contributed by atoms with E-state index in [0.29, 0.717) is 19.8 Å². The Kier molecular flexibility index (Phi) is 5.52. The molecule has 0 aromatic heterocycles. The summed E-state index contributed by atoms with van der Waals surface area (Å²) in [4.78, 5) is 12.1. The number of benzene rings is 1. The van der Waals surface area contributed by atoms with E-state index in [0.717, 1.165) is 24.1 Å². The van der Waals surface area contributed by atoms with Gasteiger partial charge in [-0.3, -0.25) is 4.79 Å². The minimum Gasteiger partial charge on any atom is -0.381 e. The van der Waals surface area contributed by atoms with Gasteiger partial charge in [0, 0.05) is 25.4 Å². The average Bonchev–Trinajstić information content (AvgIpc) is 2.48. The van der Waals surface area contributed by atoms with Crippen molar-refractivity contribution in [2.75, 3.05) is 18.5 Å². The van der Waals surface area contributed by atoms with Gasteiger partial charge >= 0.3 is 0 Å². The fourth-order valence-electron chi connectivity index (χ4n) is 2.18. The summed E-state index contributed by atoms with van der Waals surface area (Å²) in [6.45, 7) is 3.64. The van der Waals surface area contributed by atoms with Crippen molar-refractivity contribution in [2.45, 2.75) is 38.5 Å². The van der Waals surface area contributed by atoms with Crippen molar-refractivity contribution in [1.29, 1.82) is 0 Å². The van der Waals surface area contributed by atoms with E-state index in [9.17, 15) is 4.79 Å². The van der Waals surface area contributed by atoms with Crippen molar-refractivity contribution in [3.63, 3.8) is 0 Å². The normalized spacial score (nSPS) is 17.7. The molecular formula is C15H22N2O3. The first-order valence-electron chi connectivity index (χ1n) is 7.02. The molecule has 5 heteroatoms. The standard InChI is InChI=1S/C15H22N2O3/c1-11(20-14-5-7-19-8-6-14)15(18)17-13-4-2-3-12(9-13)10-16/h2-4,9,11,14H,5-8,10,16H2,1H3,(H,17,18). The quantitative estimate of drug-likeness (QED) is 0.859. The van der Waals surface area contributed by atoms with E-state index in [2.05, 4.69) is 5.32 Å². The van der Waals surface area contributed by atoms with Crippen molar-refractivity contribution >= 4 is 11.6 Å². The van der Waals surface area contributed by atoms with Gasteiger partial charge in [0.1, 0.15) is 6.10 Å². The van der Waals surface area contributed by atoms with Crippen LogP contribution in [-0.2, 0) is 20.8 Å². The number of nitrogens with one attached hydrogen (secondary N) is 1. The molecule has 1 amide bonds. The molecule has 1 heterocycles. The molecule has 0 saturated carbocycles. The Morgan fingerprint density at radius 2 is 2.25 bits per heavy atom. The highest BCUT2D eigenvalue weighted by molar-refractivity contribution is 5.93. The van der Waals surface area contributed by atoms with Gasteiger partial charge in [0.25, 0.3) is 5.91 Å². The van der Waals surface area contributed by atoms with Crippen LogP contribution in [0.15, 0.2) is 24.3 Å². The second kappa shape index (κ2) is 7.38. The maximum Gasteiger partial charge on any atom is 0.253 e. The Morgan fingerprint density at radius 1 is 1.50 bits per heavy atom. The first-order valence-corrected chi connectivity index (χ1v) is 7.02. The summed E-state index contributed by atoms with van der Waals surface area (Å²) in [7, 11) is 0. The largest absolute Gasteiger partial charge is 0.381 e. The van der Waals surface area contributed by atoms with Crippen molar-refractivity contribution in [1.82, 2.24) is 0 Å². The molecule has 5 nitrogen and oxygen atoms in total. The van der Waals surface area contributed by atoms with Gasteiger partial charge in [-0.2, -0.15) is 0 Å². The van der Waals surface area contributed by atoms with Gasteiger partial charge in [0.05, 0.1) is 6.10 Å². The number of hydrogen-bond donors (Lipinski definition) is 2. The zero-order valence-electron chi connectivity index (χ0n) is 11.8. The maximum atomic E-state index is 12.1. The zero-order valence-corrected chi connectivity index (χ0v) is 11.8. The van der Waals surface area contributed by atoms with Crippen molar-refractivity contribution in [3.05, 3.63) is 29.8 Å². The molecule has 1 aromatic carbocycles. The van der Waals surface area contributed by atoms with Crippen molar-refractivity contribution in [2.24, 2.45) is 5.73 Å². The lowest BCUT2D eigenvalue weighted by Gasteiger charge is -2.25. The van der Waals surface area contributed by atoms with Crippen LogP contribution in [0.25, 0.3) is 0 Å². The first-order chi connectivity index (χ1) is 9.69. The van der Waals surface area contributed by atoms with Crippen LogP contribution in [0.2, 0.25) is 0 Å². The minimum atomic E-state index is -0.473. The fraction of sp³-hybridized carbons (Fsp3) is 0.533. The Balaban J connectivity index is 1.86. The highest BCUT2D eigenvalue weighted by atomic mass is 16.5. The zero-order chi connectivity index (χ0) is 14.4. The summed E-state index contributed by atoms with van der Waals surface area (Å²) < 4.78 is 11.0. The third kappa shape index (κ3) is 4.30. The Morgan fingerprint density at radius 3 is 2.95 bits per heavy atom. The molecule has 1 aromatic rings. The van der Waals surface area contributed by atoms with Crippen LogP contribution >= 0.6 is 0 Å². The third-order valence-corrected chi connectivity index (χ3v) is 3.36. The molecule has 1 fully saturated rings. The van der Waals surface area contributed by atoms with Crippen LogP contribution in [0.5, 0.6) is 0 Å². The number of carbonyl (C=O) groups excluding carboxylic acids is 1. The lowest BCUT2D eigenvalue weighted by molar-refractivity contribution is -0.133. The number of amides is 1. The predicted molar refractivity (Wildman–Crippen MR) is 77.4 cm³/mol. The molecule has 0 bridgehead atoms. The summed E-state index contributed by atoms with van der Waals surface area (Å²) in [5.74, 6) is -0.134. The second-order valence-electron chi connectivity index (χ2n) is 4.98. The molecule has 0 radical (unpaired) electrons. The van der Waals surface area contributed by atoms with Gasteiger partial charge in [-0.15, -0.1) is 0 Å². The average molecular weight is 278 g/mol. The molecule has 1 unspecified atom stereocenters. The van der Waals surface area contributed by atoms with E-state index in [1.54, 1.807) is 6.92 Å². The van der Waals surface area contributed by atoms with Gasteiger partial charge in [-0.1, -0.05) is 12.1 Å². The topological polar surface area (TPSA) is 73.6 Å². The molecule has 2 rings (SSSR count). The Bertz CT molecular complexity index is 444. The van der Waals surface area contributed by atoms with E-state index >= 15 is 0 Å². The Labute approximate surface area is 119 Å². The van der Waals surface area contributed by atoms with E-state index in [-0.39, 0.29) is 12.0 Å². The lowest BCUT2D eigenvalue weighted by atomic mass is 10.1. The van der Waals surface area contributed by atoms with Gasteiger partial charge in [0.2, 0.25) is 0 Å². The summed E-state index contributed by atoms with van der Waals surface area (Å²) in [6, 6.07) is 7.52. The maximum absolute atomic E-state index is 12.1. The highest BCUT2D eigenvalue weighted by Gasteiger charge is 2.21. The Hall–Kier alpha value is -1.43. The van der Waals surface area contributed by atoms with Crippen LogP contribution in [0.1, 0.15) is 25.3 Å². The fourth-order valence-corrected chi connectivity index (χ4v) is 2.18. The minimum absolute atomic E-state index is 0.111. The SMILES string of the molecule is CC(OC1CCOCC1)C(=O)Nc1cccc(CN)c1. The van der Waals surface area contributed by atoms with Crippen LogP contribution in [0, 0.1) is 0 Å². The van der Waals surface area contributed by atoms with Crippen LogP contribution in [0.3, 0.4) is 0 Å². The number of nitrogens with two attached hydrogens (primary N) is 1. The summed E-state index contributed by atoms with van der Waals surface area (Å²) >= 11 is 0. The molecule has 3 N–H and O–H groups in total. The molecule has 1 saturated heterocycles. The van der Waals surface area contributed by atoms with Crippen LogP contribution in [-0.4, -0.2) is 31.3 Å². The molecule has 20 heavy (non-hydrogen) atoms. The number of hydrogen-bond acceptors (Lipinski definition) is 4. The smallest absolute Gasteiger partial charge is 0.253 e. The molecule has 1 atom stereocenters. The molecule has 0 aliphatic carbocycles. The van der Waals surface area contributed by atoms with Gasteiger partial charge in [0.15, 0.2) is 0 Å². The predicted octanol–water partition coefficient (Wildman–Crippen LogP) is 1.67. The van der Waals surface area contributed by atoms with E-state index < -0.39 is 6.10 Å². The first kappa shape index (κ1) is 15.0. The number of anilines is 1. The molecule has 0 spiro atoms. The number of carbonyl (C=O) groups is 1. The van der Waals surface area contributed by atoms with Gasteiger partial charge < -0.3 is 20.5 Å².